The summed E-state index contributed by atoms with van der Waals surface area (Å²) >= 11 is 0. The van der Waals surface area contributed by atoms with Gasteiger partial charge in [-0.2, -0.15) is 0 Å². The third-order valence-electron chi connectivity index (χ3n) is 5.99. The normalized spacial score (nSPS) is 14.7. The summed E-state index contributed by atoms with van der Waals surface area (Å²) in [5.74, 6) is 0. The Bertz CT molecular complexity index is 378. The van der Waals surface area contributed by atoms with E-state index in [-0.39, 0.29) is 9.52 Å². The van der Waals surface area contributed by atoms with Crippen LogP contribution in [-0.4, -0.2) is 9.52 Å². The van der Waals surface area contributed by atoms with Gasteiger partial charge in [0.05, 0.1) is 9.52 Å². The van der Waals surface area contributed by atoms with Crippen molar-refractivity contribution in [2.75, 3.05) is 0 Å². The summed E-state index contributed by atoms with van der Waals surface area (Å²) in [6, 6.07) is 0. The molecule has 0 saturated heterocycles. The third kappa shape index (κ3) is 13.8. The second-order valence-electron chi connectivity index (χ2n) is 9.46. The van der Waals surface area contributed by atoms with E-state index in [4.69, 9.17) is 0 Å². The number of hydrogen-bond donors (Lipinski definition) is 0. The maximum atomic E-state index is 2.51. The number of hydrogen-bond acceptors (Lipinski definition) is 0. The zero-order valence-electron chi connectivity index (χ0n) is 18.5. The molecule has 1 aliphatic rings. The van der Waals surface area contributed by atoms with E-state index in [9.17, 15) is 0 Å². The molecule has 0 aromatic rings. The molecular weight excluding hydrogens is 328 g/mol. The van der Waals surface area contributed by atoms with Crippen molar-refractivity contribution in [3.63, 3.8) is 0 Å². The van der Waals surface area contributed by atoms with E-state index in [0.29, 0.717) is 5.04 Å². The fraction of sp³-hybridized carbons (Fsp3) is 0.840. The van der Waals surface area contributed by atoms with E-state index >= 15 is 0 Å². The topological polar surface area (TPSA) is 0 Å². The lowest BCUT2D eigenvalue weighted by Gasteiger charge is -2.24. The molecule has 1 heteroatoms. The molecule has 0 heterocycles. The molecule has 0 aromatic carbocycles. The lowest BCUT2D eigenvalue weighted by atomic mass is 10.0. The number of allylic oxidation sites excluding steroid dienone is 4. The first-order chi connectivity index (χ1) is 12.6. The summed E-state index contributed by atoms with van der Waals surface area (Å²) in [6.45, 7) is 7.32. The largest absolute Gasteiger partial charge is 0.0821 e. The number of rotatable bonds is 18. The Labute approximate surface area is 168 Å². The van der Waals surface area contributed by atoms with Gasteiger partial charge in [-0.15, -0.1) is 0 Å². The van der Waals surface area contributed by atoms with E-state index in [1.807, 2.05) is 0 Å². The van der Waals surface area contributed by atoms with Crippen molar-refractivity contribution in [2.45, 2.75) is 135 Å². The van der Waals surface area contributed by atoms with E-state index in [0.717, 1.165) is 0 Å². The lowest BCUT2D eigenvalue weighted by Crippen LogP contribution is -2.14. The Morgan fingerprint density at radius 1 is 0.731 bits per heavy atom. The Kier molecular flexibility index (Phi) is 14.4. The standard InChI is InChI=1S/C25H48Si/c1-4-5-6-7-8-9-10-11-12-13-14-15-16-17-20-23-25(2,3)26-24-21-18-19-22-24/h18,21-22H,4-17,19-20,23,26H2,1-3H3. The average Bonchev–Trinajstić information content (AvgIpc) is 3.10. The summed E-state index contributed by atoms with van der Waals surface area (Å²) in [5.41, 5.74) is 0. The summed E-state index contributed by atoms with van der Waals surface area (Å²) in [5, 5.41) is 2.33. The Morgan fingerprint density at radius 3 is 1.62 bits per heavy atom. The summed E-state index contributed by atoms with van der Waals surface area (Å²) < 4.78 is 0. The maximum Gasteiger partial charge on any atom is 0.0599 e. The van der Waals surface area contributed by atoms with Crippen molar-refractivity contribution in [1.82, 2.24) is 0 Å². The zero-order chi connectivity index (χ0) is 18.9. The SMILES string of the molecule is CCCCCCCCCCCCCCCCCC(C)(C)[SiH2]C1=CCC=C1. The molecule has 0 atom stereocenters. The van der Waals surface area contributed by atoms with Gasteiger partial charge in [0.25, 0.3) is 0 Å². The Balaban J connectivity index is 1.80. The van der Waals surface area contributed by atoms with Crippen molar-refractivity contribution < 1.29 is 0 Å². The fourth-order valence-electron chi connectivity index (χ4n) is 4.25. The van der Waals surface area contributed by atoms with Crippen molar-refractivity contribution in [3.05, 3.63) is 23.4 Å². The van der Waals surface area contributed by atoms with Crippen LogP contribution in [0.25, 0.3) is 0 Å². The highest BCUT2D eigenvalue weighted by atomic mass is 28.2. The van der Waals surface area contributed by atoms with Crippen LogP contribution in [0.3, 0.4) is 0 Å². The highest BCUT2D eigenvalue weighted by molar-refractivity contribution is 6.50. The molecule has 26 heavy (non-hydrogen) atoms. The van der Waals surface area contributed by atoms with Crippen LogP contribution >= 0.6 is 0 Å². The van der Waals surface area contributed by atoms with Crippen LogP contribution in [0.2, 0.25) is 5.04 Å². The first-order valence-electron chi connectivity index (χ1n) is 12.0. The molecule has 0 unspecified atom stereocenters. The van der Waals surface area contributed by atoms with Gasteiger partial charge < -0.3 is 0 Å². The molecule has 0 aromatic heterocycles. The second kappa shape index (κ2) is 15.7. The molecule has 0 radical (unpaired) electrons. The Morgan fingerprint density at radius 2 is 1.19 bits per heavy atom. The van der Waals surface area contributed by atoms with Gasteiger partial charge in [-0.05, 0) is 11.5 Å². The molecule has 1 rings (SSSR count). The minimum Gasteiger partial charge on any atom is -0.0821 e. The van der Waals surface area contributed by atoms with Gasteiger partial charge in [-0.3, -0.25) is 0 Å². The van der Waals surface area contributed by atoms with Crippen LogP contribution in [0.4, 0.5) is 0 Å². The van der Waals surface area contributed by atoms with Gasteiger partial charge in [0, 0.05) is 0 Å². The predicted octanol–water partition coefficient (Wildman–Crippen LogP) is 8.46. The van der Waals surface area contributed by atoms with Crippen LogP contribution in [0.1, 0.15) is 130 Å². The highest BCUT2D eigenvalue weighted by Gasteiger charge is 2.19. The van der Waals surface area contributed by atoms with Gasteiger partial charge in [0.2, 0.25) is 0 Å². The smallest absolute Gasteiger partial charge is 0.0599 e. The van der Waals surface area contributed by atoms with Gasteiger partial charge in [-0.25, -0.2) is 0 Å². The summed E-state index contributed by atoms with van der Waals surface area (Å²) in [4.78, 5) is 0. The zero-order valence-corrected chi connectivity index (χ0v) is 19.9. The van der Waals surface area contributed by atoms with Gasteiger partial charge in [0.15, 0.2) is 0 Å². The van der Waals surface area contributed by atoms with Crippen LogP contribution in [0.15, 0.2) is 23.4 Å². The molecule has 152 valence electrons. The minimum atomic E-state index is -0.0746. The summed E-state index contributed by atoms with van der Waals surface area (Å²) in [7, 11) is -0.0746. The monoisotopic (exact) mass is 376 g/mol. The van der Waals surface area contributed by atoms with E-state index in [1.54, 1.807) is 5.20 Å². The van der Waals surface area contributed by atoms with E-state index in [1.165, 1.54) is 109 Å². The van der Waals surface area contributed by atoms with Crippen molar-refractivity contribution >= 4 is 9.52 Å². The molecule has 0 aliphatic heterocycles. The maximum absolute atomic E-state index is 2.51. The van der Waals surface area contributed by atoms with Crippen LogP contribution < -0.4 is 0 Å². The van der Waals surface area contributed by atoms with E-state index < -0.39 is 0 Å². The van der Waals surface area contributed by atoms with Crippen LogP contribution in [0.5, 0.6) is 0 Å². The molecule has 0 fully saturated rings. The predicted molar refractivity (Wildman–Crippen MR) is 124 cm³/mol. The minimum absolute atomic E-state index is 0.0746. The molecule has 0 bridgehead atoms. The quantitative estimate of drug-likeness (QED) is 0.166. The van der Waals surface area contributed by atoms with Crippen molar-refractivity contribution in [2.24, 2.45) is 0 Å². The molecular formula is C25H48Si. The van der Waals surface area contributed by atoms with Crippen molar-refractivity contribution in [3.8, 4) is 0 Å². The first-order valence-corrected chi connectivity index (χ1v) is 13.4. The molecule has 0 saturated carbocycles. The molecule has 1 aliphatic carbocycles. The third-order valence-corrected chi connectivity index (χ3v) is 8.23. The Hall–Kier alpha value is -0.303. The first kappa shape index (κ1) is 23.7. The van der Waals surface area contributed by atoms with Crippen LogP contribution in [0, 0.1) is 0 Å². The molecule has 0 spiro atoms. The van der Waals surface area contributed by atoms with E-state index in [2.05, 4.69) is 39.0 Å². The average molecular weight is 377 g/mol. The molecule has 0 nitrogen and oxygen atoms in total. The van der Waals surface area contributed by atoms with Gasteiger partial charge in [-0.1, -0.05) is 147 Å². The molecule has 0 amide bonds. The highest BCUT2D eigenvalue weighted by Crippen LogP contribution is 2.33. The summed E-state index contributed by atoms with van der Waals surface area (Å²) in [6.07, 6.45) is 31.8. The number of unbranched alkanes of at least 4 members (excludes halogenated alkanes) is 14. The lowest BCUT2D eigenvalue weighted by molar-refractivity contribution is 0.509. The van der Waals surface area contributed by atoms with Gasteiger partial charge >= 0.3 is 0 Å². The van der Waals surface area contributed by atoms with Crippen molar-refractivity contribution in [1.29, 1.82) is 0 Å². The van der Waals surface area contributed by atoms with Crippen LogP contribution in [-0.2, 0) is 0 Å². The van der Waals surface area contributed by atoms with Gasteiger partial charge in [0.1, 0.15) is 0 Å². The second-order valence-corrected chi connectivity index (χ2v) is 12.5. The molecule has 0 N–H and O–H groups in total. The fourth-order valence-corrected chi connectivity index (χ4v) is 6.38.